The highest BCUT2D eigenvalue weighted by Crippen LogP contribution is 2.17. The Kier molecular flexibility index (Phi) is 58.7. The maximum Gasteiger partial charge on any atom is 0.306 e. The van der Waals surface area contributed by atoms with Gasteiger partial charge in [0, 0.05) is 19.3 Å². The van der Waals surface area contributed by atoms with Crippen LogP contribution in [0.5, 0.6) is 0 Å². The van der Waals surface area contributed by atoms with Crippen LogP contribution in [0.3, 0.4) is 0 Å². The smallest absolute Gasteiger partial charge is 0.306 e. The summed E-state index contributed by atoms with van der Waals surface area (Å²) in [6.07, 6.45) is 79.3. The van der Waals surface area contributed by atoms with Gasteiger partial charge in [-0.2, -0.15) is 0 Å². The molecule has 0 N–H and O–H groups in total. The molecule has 0 aromatic rings. The lowest BCUT2D eigenvalue weighted by molar-refractivity contribution is -0.167. The molecule has 0 aromatic heterocycles. The van der Waals surface area contributed by atoms with E-state index in [9.17, 15) is 14.4 Å². The highest BCUT2D eigenvalue weighted by atomic mass is 16.6. The normalized spacial score (nSPS) is 12.5. The monoisotopic (exact) mass is 1020 g/mol. The molecule has 0 rings (SSSR count). The highest BCUT2D eigenvalue weighted by molar-refractivity contribution is 5.71. The average molecular weight is 1020 g/mol. The molecule has 0 aromatic carbocycles. The number of hydrogen-bond donors (Lipinski definition) is 0. The zero-order valence-electron chi connectivity index (χ0n) is 48.4. The number of carbonyl (C=O) groups is 3. The van der Waals surface area contributed by atoms with Crippen LogP contribution < -0.4 is 0 Å². The molecule has 422 valence electrons. The number of ether oxygens (including phenoxy) is 3. The van der Waals surface area contributed by atoms with Gasteiger partial charge in [-0.15, -0.1) is 0 Å². The van der Waals surface area contributed by atoms with Gasteiger partial charge in [-0.3, -0.25) is 14.4 Å². The number of rotatable bonds is 57. The molecule has 0 bridgehead atoms. The minimum absolute atomic E-state index is 0.0779. The predicted octanol–water partition coefficient (Wildman–Crippen LogP) is 21.3. The van der Waals surface area contributed by atoms with Crippen LogP contribution in [0.15, 0.2) is 72.9 Å². The second kappa shape index (κ2) is 61.4. The Bertz CT molecular complexity index is 1360. The van der Waals surface area contributed by atoms with E-state index in [1.165, 1.54) is 173 Å². The van der Waals surface area contributed by atoms with Gasteiger partial charge >= 0.3 is 17.9 Å². The summed E-state index contributed by atoms with van der Waals surface area (Å²) in [5, 5.41) is 0. The quantitative estimate of drug-likeness (QED) is 0.0261. The summed E-state index contributed by atoms with van der Waals surface area (Å²) in [5.41, 5.74) is 0. The van der Waals surface area contributed by atoms with Crippen LogP contribution in [0.4, 0.5) is 0 Å². The van der Waals surface area contributed by atoms with E-state index in [1.807, 2.05) is 0 Å². The maximum atomic E-state index is 12.8. The fourth-order valence-corrected chi connectivity index (χ4v) is 8.94. The molecule has 0 aliphatic heterocycles. The van der Waals surface area contributed by atoms with Gasteiger partial charge in [0.2, 0.25) is 0 Å². The van der Waals surface area contributed by atoms with Crippen LogP contribution in [-0.2, 0) is 28.6 Å². The van der Waals surface area contributed by atoms with E-state index in [0.717, 1.165) is 103 Å². The van der Waals surface area contributed by atoms with Crippen molar-refractivity contribution in [2.75, 3.05) is 13.2 Å². The molecule has 0 saturated carbocycles. The minimum atomic E-state index is -0.780. The third-order valence-electron chi connectivity index (χ3n) is 13.7. The van der Waals surface area contributed by atoms with Crippen LogP contribution in [0.2, 0.25) is 0 Å². The number of esters is 3. The lowest BCUT2D eigenvalue weighted by Crippen LogP contribution is -2.30. The van der Waals surface area contributed by atoms with Crippen molar-refractivity contribution in [1.82, 2.24) is 0 Å². The Morgan fingerprint density at radius 3 is 0.890 bits per heavy atom. The zero-order valence-corrected chi connectivity index (χ0v) is 48.4. The molecule has 0 aliphatic carbocycles. The first-order valence-electron chi connectivity index (χ1n) is 31.4. The first-order valence-corrected chi connectivity index (χ1v) is 31.4. The topological polar surface area (TPSA) is 78.9 Å². The summed E-state index contributed by atoms with van der Waals surface area (Å²) in [6.45, 7) is 6.49. The molecule has 1 unspecified atom stereocenters. The van der Waals surface area contributed by atoms with Crippen molar-refractivity contribution < 1.29 is 28.6 Å². The van der Waals surface area contributed by atoms with E-state index in [1.54, 1.807) is 0 Å². The van der Waals surface area contributed by atoms with E-state index >= 15 is 0 Å². The van der Waals surface area contributed by atoms with Crippen molar-refractivity contribution in [2.24, 2.45) is 0 Å². The highest BCUT2D eigenvalue weighted by Gasteiger charge is 2.19. The standard InChI is InChI=1S/C67H118O6/c1-4-7-10-13-16-19-22-24-25-26-27-28-29-30-31-32-33-34-35-36-37-38-39-40-41-43-45-48-51-54-57-60-66(69)72-63-64(62-71-65(68)59-56-53-50-47-44-21-18-15-12-9-6-3)73-67(70)61-58-55-52-49-46-42-23-20-17-14-11-8-5-2/h7,10,15-16,18-20,23-25,27-28,64H,4-6,8-9,11-14,17,21-22,26,29-63H2,1-3H3/b10-7-,18-15-,19-16-,23-20-,25-24-,28-27-. The molecule has 0 spiro atoms. The van der Waals surface area contributed by atoms with Gasteiger partial charge < -0.3 is 14.2 Å². The van der Waals surface area contributed by atoms with E-state index in [2.05, 4.69) is 93.7 Å². The summed E-state index contributed by atoms with van der Waals surface area (Å²) >= 11 is 0. The predicted molar refractivity (Wildman–Crippen MR) is 316 cm³/mol. The minimum Gasteiger partial charge on any atom is -0.462 e. The van der Waals surface area contributed by atoms with Gasteiger partial charge in [-0.05, 0) is 103 Å². The number of carbonyl (C=O) groups excluding carboxylic acids is 3. The van der Waals surface area contributed by atoms with Crippen LogP contribution in [0.25, 0.3) is 0 Å². The number of unbranched alkanes of at least 4 members (excludes halogenated alkanes) is 34. The molecule has 0 radical (unpaired) electrons. The first kappa shape index (κ1) is 69.8. The molecular weight excluding hydrogens is 901 g/mol. The van der Waals surface area contributed by atoms with E-state index in [0.29, 0.717) is 19.3 Å². The fraction of sp³-hybridized carbons (Fsp3) is 0.776. The molecule has 0 saturated heterocycles. The summed E-state index contributed by atoms with van der Waals surface area (Å²) in [5.74, 6) is -0.885. The molecule has 1 atom stereocenters. The molecule has 0 fully saturated rings. The third-order valence-corrected chi connectivity index (χ3v) is 13.7. The largest absolute Gasteiger partial charge is 0.462 e. The third kappa shape index (κ3) is 59.6. The average Bonchev–Trinajstić information content (AvgIpc) is 3.39. The van der Waals surface area contributed by atoms with Crippen molar-refractivity contribution in [3.63, 3.8) is 0 Å². The summed E-state index contributed by atoms with van der Waals surface area (Å²) < 4.78 is 16.9. The lowest BCUT2D eigenvalue weighted by Gasteiger charge is -2.18. The summed E-state index contributed by atoms with van der Waals surface area (Å²) in [6, 6.07) is 0. The van der Waals surface area contributed by atoms with Gasteiger partial charge in [0.1, 0.15) is 13.2 Å². The van der Waals surface area contributed by atoms with E-state index in [-0.39, 0.29) is 31.1 Å². The summed E-state index contributed by atoms with van der Waals surface area (Å²) in [4.78, 5) is 38.1. The molecule has 0 amide bonds. The molecule has 73 heavy (non-hydrogen) atoms. The van der Waals surface area contributed by atoms with Crippen molar-refractivity contribution in [2.45, 2.75) is 322 Å². The Labute approximate surface area is 453 Å². The first-order chi connectivity index (χ1) is 36.0. The van der Waals surface area contributed by atoms with Crippen LogP contribution >= 0.6 is 0 Å². The van der Waals surface area contributed by atoms with Crippen LogP contribution in [0.1, 0.15) is 316 Å². The molecular formula is C67H118O6. The fourth-order valence-electron chi connectivity index (χ4n) is 8.94. The maximum absolute atomic E-state index is 12.8. The summed E-state index contributed by atoms with van der Waals surface area (Å²) in [7, 11) is 0. The molecule has 6 nitrogen and oxygen atoms in total. The zero-order chi connectivity index (χ0) is 52.9. The second-order valence-electron chi connectivity index (χ2n) is 20.9. The van der Waals surface area contributed by atoms with Gasteiger partial charge in [0.25, 0.3) is 0 Å². The van der Waals surface area contributed by atoms with Crippen molar-refractivity contribution >= 4 is 17.9 Å². The van der Waals surface area contributed by atoms with Crippen molar-refractivity contribution in [3.05, 3.63) is 72.9 Å². The van der Waals surface area contributed by atoms with Crippen molar-refractivity contribution in [1.29, 1.82) is 0 Å². The van der Waals surface area contributed by atoms with Crippen LogP contribution in [-0.4, -0.2) is 37.2 Å². The molecule has 0 aliphatic rings. The Morgan fingerprint density at radius 1 is 0.288 bits per heavy atom. The Hall–Kier alpha value is -3.15. The van der Waals surface area contributed by atoms with Gasteiger partial charge in [-0.1, -0.05) is 267 Å². The Balaban J connectivity index is 4.10. The van der Waals surface area contributed by atoms with E-state index < -0.39 is 6.10 Å². The van der Waals surface area contributed by atoms with Crippen molar-refractivity contribution in [3.8, 4) is 0 Å². The molecule has 0 heterocycles. The Morgan fingerprint density at radius 2 is 0.548 bits per heavy atom. The number of allylic oxidation sites excluding steroid dienone is 12. The van der Waals surface area contributed by atoms with Gasteiger partial charge in [-0.25, -0.2) is 0 Å². The van der Waals surface area contributed by atoms with Gasteiger partial charge in [0.15, 0.2) is 6.10 Å². The molecule has 6 heteroatoms. The SMILES string of the molecule is CC/C=C\C/C=C\C/C=C\C/C=C\CCCCCCCCCCCCCCCCCCCCC(=O)OCC(COC(=O)CCCCCCC/C=C\CCCC)OC(=O)CCCCCCC/C=C\CCCCCC. The number of hydrogen-bond acceptors (Lipinski definition) is 6. The second-order valence-corrected chi connectivity index (χ2v) is 20.9. The van der Waals surface area contributed by atoms with Crippen LogP contribution in [0, 0.1) is 0 Å². The van der Waals surface area contributed by atoms with E-state index in [4.69, 9.17) is 14.2 Å². The lowest BCUT2D eigenvalue weighted by atomic mass is 10.0. The van der Waals surface area contributed by atoms with Gasteiger partial charge in [0.05, 0.1) is 0 Å².